The van der Waals surface area contributed by atoms with E-state index in [0.717, 1.165) is 77.5 Å². The Balaban J connectivity index is 1.40. The Labute approximate surface area is 252 Å². The number of rotatable bonds is 4. The number of furan rings is 2. The van der Waals surface area contributed by atoms with Crippen LogP contribution in [0, 0.1) is 0 Å². The van der Waals surface area contributed by atoms with Gasteiger partial charge in [-0.2, -0.15) is 0 Å². The first-order chi connectivity index (χ1) is 21.8. The smallest absolute Gasteiger partial charge is 0.160 e. The van der Waals surface area contributed by atoms with E-state index in [1.807, 2.05) is 72.8 Å². The average Bonchev–Trinajstić information content (AvgIpc) is 3.67. The van der Waals surface area contributed by atoms with Gasteiger partial charge in [0.05, 0.1) is 0 Å². The lowest BCUT2D eigenvalue weighted by Crippen LogP contribution is -2.33. The zero-order valence-electron chi connectivity index (χ0n) is 23.6. The Morgan fingerprint density at radius 1 is 0.500 bits per heavy atom. The Hall–Kier alpha value is -5.94. The first-order valence-electron chi connectivity index (χ1n) is 14.7. The molecule has 0 spiro atoms. The van der Waals surface area contributed by atoms with Crippen molar-refractivity contribution in [3.63, 3.8) is 0 Å². The molecule has 1 atom stereocenters. The fourth-order valence-electron chi connectivity index (χ4n) is 6.38. The van der Waals surface area contributed by atoms with Crippen LogP contribution in [0.15, 0.2) is 158 Å². The summed E-state index contributed by atoms with van der Waals surface area (Å²) in [5, 5.41) is 7.76. The molecule has 44 heavy (non-hydrogen) atoms. The summed E-state index contributed by atoms with van der Waals surface area (Å²) < 4.78 is 12.7. The summed E-state index contributed by atoms with van der Waals surface area (Å²) in [6.45, 7) is 0. The molecule has 1 N–H and O–H groups in total. The first kappa shape index (κ1) is 24.6. The largest absolute Gasteiger partial charge is 0.456 e. The molecule has 208 valence electrons. The fourth-order valence-corrected chi connectivity index (χ4v) is 6.38. The van der Waals surface area contributed by atoms with Crippen molar-refractivity contribution in [3.8, 4) is 11.1 Å². The zero-order chi connectivity index (χ0) is 29.0. The Morgan fingerprint density at radius 2 is 1.11 bits per heavy atom. The van der Waals surface area contributed by atoms with Gasteiger partial charge in [0.2, 0.25) is 0 Å². The summed E-state index contributed by atoms with van der Waals surface area (Å²) in [6.07, 6.45) is -0.328. The van der Waals surface area contributed by atoms with Crippen LogP contribution in [0.1, 0.15) is 22.9 Å². The standard InChI is InChI=1S/C39H25N3O2/c1-3-12-24(13-4-1)37-40-38(25-14-5-2-6-15-25)42-39(41-37)36-27(22-23-33-35(36)29-17-8-10-20-31(29)44-33)26-18-11-21-32-34(26)28-16-7-9-19-30(28)43-32/h1-23,37H,(H,40,41,42). The van der Waals surface area contributed by atoms with E-state index in [9.17, 15) is 0 Å². The SMILES string of the molecule is c1ccc(C2=NC(c3c(-c4cccc5oc6ccccc6c45)ccc4oc5ccccc5c34)=NC(c3ccccc3)N2)cc1. The molecule has 0 bridgehead atoms. The Kier molecular flexibility index (Phi) is 5.50. The third-order valence-corrected chi connectivity index (χ3v) is 8.36. The molecule has 6 aromatic carbocycles. The molecule has 0 fully saturated rings. The summed E-state index contributed by atoms with van der Waals surface area (Å²) in [4.78, 5) is 10.5. The minimum absolute atomic E-state index is 0.328. The van der Waals surface area contributed by atoms with E-state index in [2.05, 4.69) is 72.0 Å². The van der Waals surface area contributed by atoms with Gasteiger partial charge in [-0.05, 0) is 47.0 Å². The van der Waals surface area contributed by atoms with Gasteiger partial charge in [0.1, 0.15) is 34.3 Å². The topological polar surface area (TPSA) is 63.0 Å². The van der Waals surface area contributed by atoms with Crippen LogP contribution in [0.25, 0.3) is 55.0 Å². The molecule has 1 aliphatic rings. The summed E-state index contributed by atoms with van der Waals surface area (Å²) in [6, 6.07) is 47.3. The average molecular weight is 568 g/mol. The molecule has 1 unspecified atom stereocenters. The van der Waals surface area contributed by atoms with Crippen molar-refractivity contribution in [1.29, 1.82) is 0 Å². The second-order valence-electron chi connectivity index (χ2n) is 11.0. The maximum Gasteiger partial charge on any atom is 0.160 e. The lowest BCUT2D eigenvalue weighted by atomic mass is 9.91. The second-order valence-corrected chi connectivity index (χ2v) is 11.0. The molecule has 8 aromatic rings. The zero-order valence-corrected chi connectivity index (χ0v) is 23.6. The molecule has 5 nitrogen and oxygen atoms in total. The molecule has 0 saturated heterocycles. The van der Waals surface area contributed by atoms with E-state index < -0.39 is 0 Å². The van der Waals surface area contributed by atoms with E-state index in [4.69, 9.17) is 18.8 Å². The summed E-state index contributed by atoms with van der Waals surface area (Å²) in [7, 11) is 0. The fraction of sp³-hybridized carbons (Fsp3) is 0.0256. The number of benzene rings is 6. The van der Waals surface area contributed by atoms with Gasteiger partial charge in [-0.15, -0.1) is 0 Å². The predicted molar refractivity (Wildman–Crippen MR) is 178 cm³/mol. The molecular weight excluding hydrogens is 542 g/mol. The van der Waals surface area contributed by atoms with E-state index in [0.29, 0.717) is 5.84 Å². The van der Waals surface area contributed by atoms with Gasteiger partial charge in [0.25, 0.3) is 0 Å². The lowest BCUT2D eigenvalue weighted by Gasteiger charge is -2.24. The molecule has 0 saturated carbocycles. The molecule has 0 aliphatic carbocycles. The number of aliphatic imine (C=N–C) groups is 2. The first-order valence-corrected chi connectivity index (χ1v) is 14.7. The van der Waals surface area contributed by atoms with Crippen LogP contribution in [-0.4, -0.2) is 11.7 Å². The third-order valence-electron chi connectivity index (χ3n) is 8.36. The van der Waals surface area contributed by atoms with E-state index in [-0.39, 0.29) is 6.17 Å². The Bertz CT molecular complexity index is 2420. The number of hydrogen-bond donors (Lipinski definition) is 1. The van der Waals surface area contributed by atoms with Gasteiger partial charge in [-0.1, -0.05) is 109 Å². The number of hydrogen-bond acceptors (Lipinski definition) is 5. The van der Waals surface area contributed by atoms with Gasteiger partial charge >= 0.3 is 0 Å². The second kappa shape index (κ2) is 9.82. The highest BCUT2D eigenvalue weighted by Crippen LogP contribution is 2.43. The van der Waals surface area contributed by atoms with Crippen molar-refractivity contribution >= 4 is 55.5 Å². The maximum absolute atomic E-state index is 6.40. The Morgan fingerprint density at radius 3 is 1.86 bits per heavy atom. The van der Waals surface area contributed by atoms with Crippen molar-refractivity contribution in [2.75, 3.05) is 0 Å². The number of amidine groups is 2. The van der Waals surface area contributed by atoms with Crippen LogP contribution in [0.5, 0.6) is 0 Å². The van der Waals surface area contributed by atoms with Gasteiger partial charge in [-0.3, -0.25) is 0 Å². The van der Waals surface area contributed by atoms with Crippen molar-refractivity contribution in [2.24, 2.45) is 9.98 Å². The maximum atomic E-state index is 6.40. The van der Waals surface area contributed by atoms with Crippen LogP contribution in [0.2, 0.25) is 0 Å². The van der Waals surface area contributed by atoms with Crippen LogP contribution >= 0.6 is 0 Å². The summed E-state index contributed by atoms with van der Waals surface area (Å²) in [5.74, 6) is 1.42. The summed E-state index contributed by atoms with van der Waals surface area (Å²) >= 11 is 0. The molecule has 0 radical (unpaired) electrons. The highest BCUT2D eigenvalue weighted by atomic mass is 16.3. The number of fused-ring (bicyclic) bond motifs is 6. The van der Waals surface area contributed by atoms with Crippen LogP contribution in [0.3, 0.4) is 0 Å². The number of nitrogens with zero attached hydrogens (tertiary/aromatic N) is 2. The van der Waals surface area contributed by atoms with Crippen LogP contribution in [0.4, 0.5) is 0 Å². The molecule has 3 heterocycles. The molecule has 1 aliphatic heterocycles. The van der Waals surface area contributed by atoms with Crippen molar-refractivity contribution in [1.82, 2.24) is 5.32 Å². The van der Waals surface area contributed by atoms with Crippen LogP contribution in [-0.2, 0) is 0 Å². The van der Waals surface area contributed by atoms with E-state index >= 15 is 0 Å². The normalized spacial score (nSPS) is 15.0. The lowest BCUT2D eigenvalue weighted by molar-refractivity contribution is 0.668. The van der Waals surface area contributed by atoms with Gasteiger partial charge in [-0.25, -0.2) is 9.98 Å². The van der Waals surface area contributed by atoms with Gasteiger partial charge in [0.15, 0.2) is 5.84 Å². The highest BCUT2D eigenvalue weighted by molar-refractivity contribution is 6.26. The molecule has 2 aromatic heterocycles. The van der Waals surface area contributed by atoms with Crippen molar-refractivity contribution in [3.05, 3.63) is 156 Å². The molecule has 9 rings (SSSR count). The molecular formula is C39H25N3O2. The van der Waals surface area contributed by atoms with Gasteiger partial charge in [0, 0.05) is 32.7 Å². The summed E-state index contributed by atoms with van der Waals surface area (Å²) in [5.41, 5.74) is 8.39. The third kappa shape index (κ3) is 3.87. The molecule has 0 amide bonds. The quantitative estimate of drug-likeness (QED) is 0.230. The van der Waals surface area contributed by atoms with Crippen LogP contribution < -0.4 is 5.32 Å². The number of nitrogens with one attached hydrogen (secondary N) is 1. The minimum Gasteiger partial charge on any atom is -0.456 e. The van der Waals surface area contributed by atoms with Crippen molar-refractivity contribution < 1.29 is 8.83 Å². The molecule has 5 heteroatoms. The monoisotopic (exact) mass is 567 g/mol. The highest BCUT2D eigenvalue weighted by Gasteiger charge is 2.27. The van der Waals surface area contributed by atoms with Crippen molar-refractivity contribution in [2.45, 2.75) is 6.17 Å². The minimum atomic E-state index is -0.328. The van der Waals surface area contributed by atoms with E-state index in [1.165, 1.54) is 0 Å². The van der Waals surface area contributed by atoms with Gasteiger partial charge < -0.3 is 14.2 Å². The predicted octanol–water partition coefficient (Wildman–Crippen LogP) is 9.65. The van der Waals surface area contributed by atoms with E-state index in [1.54, 1.807) is 0 Å². The number of para-hydroxylation sites is 2.